The van der Waals surface area contributed by atoms with E-state index >= 15 is 0 Å². The summed E-state index contributed by atoms with van der Waals surface area (Å²) in [6.07, 6.45) is 0.693. The first-order chi connectivity index (χ1) is 10.5. The second-order valence-electron chi connectivity index (χ2n) is 6.66. The number of rotatable bonds is 4. The van der Waals surface area contributed by atoms with Crippen molar-refractivity contribution >= 4 is 5.91 Å². The molecule has 0 unspecified atom stereocenters. The molecule has 0 aromatic carbocycles. The van der Waals surface area contributed by atoms with E-state index in [0.29, 0.717) is 18.2 Å². The van der Waals surface area contributed by atoms with Crippen LogP contribution in [0.15, 0.2) is 0 Å². The van der Waals surface area contributed by atoms with E-state index in [2.05, 4.69) is 35.6 Å². The average molecular weight is 313 g/mol. The van der Waals surface area contributed by atoms with Crippen molar-refractivity contribution in [2.75, 3.05) is 66.1 Å². The van der Waals surface area contributed by atoms with Crippen LogP contribution in [0.3, 0.4) is 0 Å². The summed E-state index contributed by atoms with van der Waals surface area (Å²) in [6, 6.07) is 0. The molecule has 0 aliphatic carbocycles. The van der Waals surface area contributed by atoms with Crippen molar-refractivity contribution in [1.29, 1.82) is 0 Å². The van der Waals surface area contributed by atoms with Crippen LogP contribution < -0.4 is 0 Å². The minimum atomic E-state index is 0.333. The molecule has 1 amide bonds. The molecule has 2 saturated heterocycles. The van der Waals surface area contributed by atoms with Crippen LogP contribution in [0, 0.1) is 5.92 Å². The van der Waals surface area contributed by atoms with Gasteiger partial charge in [-0.05, 0) is 13.0 Å². The highest BCUT2D eigenvalue weighted by Crippen LogP contribution is 2.09. The fourth-order valence-electron chi connectivity index (χ4n) is 2.89. The standard InChI is InChI=1S/C15H30N4O.C2H6/c1-14(2)12-15(20)19-10-8-18(9-11-19)13-17-6-4-16(3)5-7-17;1-2/h14H,4-13H2,1-3H3;1-2H3. The molecule has 2 fully saturated rings. The summed E-state index contributed by atoms with van der Waals surface area (Å²) in [7, 11) is 2.19. The molecule has 2 rings (SSSR count). The monoisotopic (exact) mass is 312 g/mol. The van der Waals surface area contributed by atoms with Crippen LogP contribution in [0.5, 0.6) is 0 Å². The lowest BCUT2D eigenvalue weighted by Gasteiger charge is -2.40. The molecule has 2 aliphatic rings. The molecule has 130 valence electrons. The number of hydrogen-bond acceptors (Lipinski definition) is 4. The van der Waals surface area contributed by atoms with Crippen molar-refractivity contribution in [3.63, 3.8) is 0 Å². The second-order valence-corrected chi connectivity index (χ2v) is 6.66. The second kappa shape index (κ2) is 10.2. The predicted octanol–water partition coefficient (Wildman–Crippen LogP) is 1.41. The molecule has 5 nitrogen and oxygen atoms in total. The molecule has 0 N–H and O–H groups in total. The van der Waals surface area contributed by atoms with Gasteiger partial charge in [-0.15, -0.1) is 0 Å². The Balaban J connectivity index is 0.00000116. The van der Waals surface area contributed by atoms with Gasteiger partial charge in [0.1, 0.15) is 0 Å². The number of carbonyl (C=O) groups excluding carboxylic acids is 1. The SMILES string of the molecule is CC.CC(C)CC(=O)N1CCN(CN2CCN(C)CC2)CC1. The summed E-state index contributed by atoms with van der Waals surface area (Å²) in [5, 5.41) is 0. The van der Waals surface area contributed by atoms with E-state index in [-0.39, 0.29) is 0 Å². The number of carbonyl (C=O) groups is 1. The fourth-order valence-corrected chi connectivity index (χ4v) is 2.89. The van der Waals surface area contributed by atoms with E-state index in [1.807, 2.05) is 18.7 Å². The maximum atomic E-state index is 12.0. The number of likely N-dealkylation sites (N-methyl/N-ethyl adjacent to an activating group) is 1. The summed E-state index contributed by atoms with van der Waals surface area (Å²) >= 11 is 0. The van der Waals surface area contributed by atoms with Gasteiger partial charge in [0, 0.05) is 58.8 Å². The van der Waals surface area contributed by atoms with Crippen LogP contribution in [0.4, 0.5) is 0 Å². The summed E-state index contributed by atoms with van der Waals surface area (Å²) in [4.78, 5) is 21.5. The first kappa shape index (κ1) is 19.4. The number of amides is 1. The molecule has 0 aromatic heterocycles. The van der Waals surface area contributed by atoms with Gasteiger partial charge in [-0.3, -0.25) is 14.6 Å². The minimum Gasteiger partial charge on any atom is -0.340 e. The van der Waals surface area contributed by atoms with Crippen LogP contribution in [0.25, 0.3) is 0 Å². The van der Waals surface area contributed by atoms with Gasteiger partial charge in [0.25, 0.3) is 0 Å². The highest BCUT2D eigenvalue weighted by molar-refractivity contribution is 5.76. The van der Waals surface area contributed by atoms with Crippen LogP contribution in [0.2, 0.25) is 0 Å². The van der Waals surface area contributed by atoms with Gasteiger partial charge < -0.3 is 9.80 Å². The van der Waals surface area contributed by atoms with Crippen molar-refractivity contribution in [3.8, 4) is 0 Å². The van der Waals surface area contributed by atoms with Gasteiger partial charge in [0.2, 0.25) is 5.91 Å². The molecule has 0 bridgehead atoms. The third kappa shape index (κ3) is 6.63. The Morgan fingerprint density at radius 3 is 1.77 bits per heavy atom. The quantitative estimate of drug-likeness (QED) is 0.785. The molecule has 5 heteroatoms. The van der Waals surface area contributed by atoms with Gasteiger partial charge in [-0.2, -0.15) is 0 Å². The van der Waals surface area contributed by atoms with E-state index in [0.717, 1.165) is 32.8 Å². The third-order valence-corrected chi connectivity index (χ3v) is 4.30. The van der Waals surface area contributed by atoms with Crippen molar-refractivity contribution in [1.82, 2.24) is 19.6 Å². The number of piperazine rings is 2. The Bertz CT molecular complexity index is 306. The van der Waals surface area contributed by atoms with Gasteiger partial charge in [0.05, 0.1) is 6.67 Å². The summed E-state index contributed by atoms with van der Waals surface area (Å²) in [5.41, 5.74) is 0. The largest absolute Gasteiger partial charge is 0.340 e. The first-order valence-electron chi connectivity index (χ1n) is 8.95. The van der Waals surface area contributed by atoms with Gasteiger partial charge in [-0.25, -0.2) is 0 Å². The Kier molecular flexibility index (Phi) is 8.98. The Labute approximate surface area is 137 Å². The lowest BCUT2D eigenvalue weighted by atomic mass is 10.1. The van der Waals surface area contributed by atoms with E-state index in [9.17, 15) is 4.79 Å². The minimum absolute atomic E-state index is 0.333. The van der Waals surface area contributed by atoms with Crippen molar-refractivity contribution < 1.29 is 4.79 Å². The van der Waals surface area contributed by atoms with E-state index in [1.54, 1.807) is 0 Å². The molecule has 0 atom stereocenters. The highest BCUT2D eigenvalue weighted by Gasteiger charge is 2.23. The molecular formula is C17H36N4O. The lowest BCUT2D eigenvalue weighted by molar-refractivity contribution is -0.134. The zero-order chi connectivity index (χ0) is 16.5. The van der Waals surface area contributed by atoms with E-state index < -0.39 is 0 Å². The maximum Gasteiger partial charge on any atom is 0.222 e. The molecule has 0 aromatic rings. The first-order valence-corrected chi connectivity index (χ1v) is 8.95. The van der Waals surface area contributed by atoms with E-state index in [1.165, 1.54) is 26.2 Å². The summed E-state index contributed by atoms with van der Waals surface area (Å²) in [5.74, 6) is 0.796. The smallest absolute Gasteiger partial charge is 0.222 e. The Morgan fingerprint density at radius 1 is 0.864 bits per heavy atom. The predicted molar refractivity (Wildman–Crippen MR) is 92.9 cm³/mol. The zero-order valence-electron chi connectivity index (χ0n) is 15.3. The molecule has 22 heavy (non-hydrogen) atoms. The molecule has 2 aliphatic heterocycles. The molecule has 0 saturated carbocycles. The van der Waals surface area contributed by atoms with Crippen molar-refractivity contribution in [2.24, 2.45) is 5.92 Å². The van der Waals surface area contributed by atoms with Gasteiger partial charge in [0.15, 0.2) is 0 Å². The summed E-state index contributed by atoms with van der Waals surface area (Å²) in [6.45, 7) is 17.8. The maximum absolute atomic E-state index is 12.0. The van der Waals surface area contributed by atoms with Gasteiger partial charge in [-0.1, -0.05) is 27.7 Å². The topological polar surface area (TPSA) is 30.0 Å². The lowest BCUT2D eigenvalue weighted by Crippen LogP contribution is -2.54. The van der Waals surface area contributed by atoms with E-state index in [4.69, 9.17) is 0 Å². The van der Waals surface area contributed by atoms with Crippen molar-refractivity contribution in [3.05, 3.63) is 0 Å². The third-order valence-electron chi connectivity index (χ3n) is 4.30. The van der Waals surface area contributed by atoms with Crippen LogP contribution in [0.1, 0.15) is 34.1 Å². The van der Waals surface area contributed by atoms with Crippen LogP contribution in [-0.4, -0.2) is 91.6 Å². The Hall–Kier alpha value is -0.650. The van der Waals surface area contributed by atoms with Crippen LogP contribution >= 0.6 is 0 Å². The fraction of sp³-hybridized carbons (Fsp3) is 0.941. The zero-order valence-corrected chi connectivity index (χ0v) is 15.3. The molecule has 2 heterocycles. The average Bonchev–Trinajstić information content (AvgIpc) is 2.51. The normalized spacial score (nSPS) is 21.6. The molecule has 0 spiro atoms. The molecule has 0 radical (unpaired) electrons. The van der Waals surface area contributed by atoms with Crippen molar-refractivity contribution in [2.45, 2.75) is 34.1 Å². The number of hydrogen-bond donors (Lipinski definition) is 0. The number of nitrogens with zero attached hydrogens (tertiary/aromatic N) is 4. The summed E-state index contributed by atoms with van der Waals surface area (Å²) < 4.78 is 0. The Morgan fingerprint density at radius 2 is 1.32 bits per heavy atom. The highest BCUT2D eigenvalue weighted by atomic mass is 16.2. The van der Waals surface area contributed by atoms with Crippen LogP contribution in [-0.2, 0) is 4.79 Å². The van der Waals surface area contributed by atoms with Gasteiger partial charge >= 0.3 is 0 Å². The molecular weight excluding hydrogens is 276 g/mol.